The summed E-state index contributed by atoms with van der Waals surface area (Å²) >= 11 is 0. The Kier molecular flexibility index (Phi) is 5.20. The van der Waals surface area contributed by atoms with Crippen LogP contribution in [0.3, 0.4) is 0 Å². The number of carbonyl (C=O) groups is 2. The molecule has 2 aromatic carbocycles. The largest absolute Gasteiger partial charge is 0.449 e. The molecule has 0 bridgehead atoms. The van der Waals surface area contributed by atoms with Crippen LogP contribution in [0.15, 0.2) is 63.5 Å². The van der Waals surface area contributed by atoms with E-state index < -0.39 is 5.91 Å². The molecule has 0 saturated carbocycles. The van der Waals surface area contributed by atoms with Crippen LogP contribution >= 0.6 is 0 Å². The van der Waals surface area contributed by atoms with Gasteiger partial charge in [0, 0.05) is 24.0 Å². The Labute approximate surface area is 183 Å². The third-order valence-corrected chi connectivity index (χ3v) is 5.46. The number of hydrogen-bond donors (Lipinski definition) is 1. The Morgan fingerprint density at radius 2 is 1.72 bits per heavy atom. The Bertz CT molecular complexity index is 1290. The summed E-state index contributed by atoms with van der Waals surface area (Å²) in [5.74, 6) is -0.234. The zero-order chi connectivity index (χ0) is 22.1. The van der Waals surface area contributed by atoms with Crippen LogP contribution in [0.4, 0.5) is 5.69 Å². The normalized spacial score (nSPS) is 14.0. The molecular weight excluding hydrogens is 410 g/mol. The van der Waals surface area contributed by atoms with Crippen LogP contribution in [-0.4, -0.2) is 48.2 Å². The van der Waals surface area contributed by atoms with Crippen molar-refractivity contribution in [1.82, 2.24) is 10.1 Å². The smallest absolute Gasteiger partial charge is 0.291 e. The van der Waals surface area contributed by atoms with Gasteiger partial charge in [0.15, 0.2) is 0 Å². The molecule has 0 spiro atoms. The molecule has 0 atom stereocenters. The molecule has 1 N–H and O–H groups in total. The van der Waals surface area contributed by atoms with Crippen molar-refractivity contribution in [2.24, 2.45) is 0 Å². The third-order valence-electron chi connectivity index (χ3n) is 5.46. The number of ether oxygens (including phenoxy) is 1. The molecule has 1 saturated heterocycles. The van der Waals surface area contributed by atoms with E-state index in [-0.39, 0.29) is 11.7 Å². The molecule has 4 aromatic rings. The molecule has 0 aliphatic carbocycles. The molecule has 0 unspecified atom stereocenters. The SMILES string of the molecule is Cc1onc(-c2ccccc2)c1C(=O)Nc1c(C(=O)N2CCOCC2)oc2ccccc12. The summed E-state index contributed by atoms with van der Waals surface area (Å²) in [6.07, 6.45) is 0. The van der Waals surface area contributed by atoms with Gasteiger partial charge in [0.1, 0.15) is 28.3 Å². The van der Waals surface area contributed by atoms with Gasteiger partial charge in [0.2, 0.25) is 5.76 Å². The zero-order valence-electron chi connectivity index (χ0n) is 17.5. The number of morpholine rings is 1. The molecule has 2 aromatic heterocycles. The molecule has 2 amide bonds. The first-order valence-electron chi connectivity index (χ1n) is 10.3. The van der Waals surface area contributed by atoms with Crippen LogP contribution in [0, 0.1) is 6.92 Å². The van der Waals surface area contributed by atoms with E-state index in [1.807, 2.05) is 48.5 Å². The number of nitrogens with zero attached hydrogens (tertiary/aromatic N) is 2. The van der Waals surface area contributed by atoms with Gasteiger partial charge in [-0.1, -0.05) is 47.6 Å². The number of para-hydroxylation sites is 1. The van der Waals surface area contributed by atoms with Gasteiger partial charge in [0.25, 0.3) is 11.8 Å². The first-order chi connectivity index (χ1) is 15.6. The molecule has 32 heavy (non-hydrogen) atoms. The summed E-state index contributed by atoms with van der Waals surface area (Å²) in [4.78, 5) is 28.3. The summed E-state index contributed by atoms with van der Waals surface area (Å²) in [6.45, 7) is 3.54. The number of fused-ring (bicyclic) bond motifs is 1. The number of furan rings is 1. The van der Waals surface area contributed by atoms with Crippen molar-refractivity contribution < 1.29 is 23.3 Å². The molecule has 8 heteroatoms. The van der Waals surface area contributed by atoms with E-state index >= 15 is 0 Å². The average Bonchev–Trinajstić information content (AvgIpc) is 3.40. The van der Waals surface area contributed by atoms with Crippen LogP contribution in [0.1, 0.15) is 26.7 Å². The maximum atomic E-state index is 13.4. The number of aryl methyl sites for hydroxylation is 1. The van der Waals surface area contributed by atoms with Crippen LogP contribution in [0.2, 0.25) is 0 Å². The quantitative estimate of drug-likeness (QED) is 0.522. The zero-order valence-corrected chi connectivity index (χ0v) is 17.5. The fourth-order valence-corrected chi connectivity index (χ4v) is 3.84. The minimum atomic E-state index is -0.426. The maximum Gasteiger partial charge on any atom is 0.291 e. The van der Waals surface area contributed by atoms with Gasteiger partial charge in [-0.25, -0.2) is 0 Å². The second-order valence-electron chi connectivity index (χ2n) is 7.49. The first-order valence-corrected chi connectivity index (χ1v) is 10.3. The highest BCUT2D eigenvalue weighted by Crippen LogP contribution is 2.33. The van der Waals surface area contributed by atoms with Crippen molar-refractivity contribution in [2.45, 2.75) is 6.92 Å². The van der Waals surface area contributed by atoms with Crippen molar-refractivity contribution in [3.05, 3.63) is 71.7 Å². The molecule has 1 fully saturated rings. The van der Waals surface area contributed by atoms with Crippen molar-refractivity contribution >= 4 is 28.5 Å². The summed E-state index contributed by atoms with van der Waals surface area (Å²) in [5, 5.41) is 7.62. The number of rotatable bonds is 4. The van der Waals surface area contributed by atoms with Crippen LogP contribution in [0.5, 0.6) is 0 Å². The molecule has 8 nitrogen and oxygen atoms in total. The number of anilines is 1. The fourth-order valence-electron chi connectivity index (χ4n) is 3.84. The highest BCUT2D eigenvalue weighted by Gasteiger charge is 2.29. The summed E-state index contributed by atoms with van der Waals surface area (Å²) in [6, 6.07) is 16.5. The molecule has 3 heterocycles. The Hall–Kier alpha value is -3.91. The van der Waals surface area contributed by atoms with Crippen molar-refractivity contribution in [3.63, 3.8) is 0 Å². The average molecular weight is 431 g/mol. The van der Waals surface area contributed by atoms with Gasteiger partial charge in [-0.3, -0.25) is 9.59 Å². The lowest BCUT2D eigenvalue weighted by atomic mass is 10.1. The Balaban J connectivity index is 1.54. The van der Waals surface area contributed by atoms with Gasteiger partial charge in [0.05, 0.1) is 13.2 Å². The molecule has 0 radical (unpaired) electrons. The standard InChI is InChI=1S/C24H21N3O5/c1-15-19(20(26-32-15)16-7-3-2-4-8-16)23(28)25-21-17-9-5-6-10-18(17)31-22(21)24(29)27-11-13-30-14-12-27/h2-10H,11-14H2,1H3,(H,25,28). The van der Waals surface area contributed by atoms with Crippen LogP contribution in [0.25, 0.3) is 22.2 Å². The van der Waals surface area contributed by atoms with E-state index in [1.165, 1.54) is 0 Å². The second kappa shape index (κ2) is 8.32. The monoisotopic (exact) mass is 431 g/mol. The number of aromatic nitrogens is 1. The number of amides is 2. The highest BCUT2D eigenvalue weighted by molar-refractivity contribution is 6.16. The maximum absolute atomic E-state index is 13.4. The van der Waals surface area contributed by atoms with Crippen molar-refractivity contribution in [3.8, 4) is 11.3 Å². The van der Waals surface area contributed by atoms with E-state index in [9.17, 15) is 9.59 Å². The van der Waals surface area contributed by atoms with Gasteiger partial charge >= 0.3 is 0 Å². The van der Waals surface area contributed by atoms with Gasteiger partial charge < -0.3 is 23.9 Å². The predicted molar refractivity (Wildman–Crippen MR) is 118 cm³/mol. The van der Waals surface area contributed by atoms with Gasteiger partial charge in [-0.15, -0.1) is 0 Å². The predicted octanol–water partition coefficient (Wildman–Crippen LogP) is 4.12. The Morgan fingerprint density at radius 1 is 1.00 bits per heavy atom. The summed E-state index contributed by atoms with van der Waals surface area (Å²) in [5.41, 5.74) is 2.36. The first kappa shape index (κ1) is 20.0. The molecular formula is C24H21N3O5. The highest BCUT2D eigenvalue weighted by atomic mass is 16.5. The summed E-state index contributed by atoms with van der Waals surface area (Å²) < 4.78 is 16.6. The number of benzene rings is 2. The third kappa shape index (κ3) is 3.54. The lowest BCUT2D eigenvalue weighted by molar-refractivity contribution is 0.0285. The van der Waals surface area contributed by atoms with E-state index in [0.29, 0.717) is 60.0 Å². The van der Waals surface area contributed by atoms with E-state index in [1.54, 1.807) is 17.9 Å². The number of hydrogen-bond acceptors (Lipinski definition) is 6. The van der Waals surface area contributed by atoms with Gasteiger partial charge in [-0.05, 0) is 19.1 Å². The molecule has 162 valence electrons. The van der Waals surface area contributed by atoms with E-state index in [0.717, 1.165) is 5.56 Å². The summed E-state index contributed by atoms with van der Waals surface area (Å²) in [7, 11) is 0. The fraction of sp³-hybridized carbons (Fsp3) is 0.208. The number of carbonyl (C=O) groups excluding carboxylic acids is 2. The molecule has 1 aliphatic rings. The Morgan fingerprint density at radius 3 is 2.50 bits per heavy atom. The van der Waals surface area contributed by atoms with E-state index in [2.05, 4.69) is 10.5 Å². The van der Waals surface area contributed by atoms with Crippen LogP contribution < -0.4 is 5.32 Å². The minimum absolute atomic E-state index is 0.0943. The lowest BCUT2D eigenvalue weighted by Crippen LogP contribution is -2.40. The van der Waals surface area contributed by atoms with Crippen molar-refractivity contribution in [2.75, 3.05) is 31.6 Å². The lowest BCUT2D eigenvalue weighted by Gasteiger charge is -2.26. The topological polar surface area (TPSA) is 97.8 Å². The van der Waals surface area contributed by atoms with E-state index in [4.69, 9.17) is 13.7 Å². The molecule has 5 rings (SSSR count). The van der Waals surface area contributed by atoms with Crippen molar-refractivity contribution in [1.29, 1.82) is 0 Å². The number of nitrogens with one attached hydrogen (secondary N) is 1. The second-order valence-corrected chi connectivity index (χ2v) is 7.49. The van der Waals surface area contributed by atoms with Gasteiger partial charge in [-0.2, -0.15) is 0 Å². The minimum Gasteiger partial charge on any atom is -0.449 e. The molecule has 1 aliphatic heterocycles. The van der Waals surface area contributed by atoms with Crippen LogP contribution in [-0.2, 0) is 4.74 Å².